The van der Waals surface area contributed by atoms with Crippen LogP contribution < -0.4 is 0 Å². The lowest BCUT2D eigenvalue weighted by Gasteiger charge is -2.17. The fraction of sp³-hybridized carbons (Fsp3) is 0.286. The summed E-state index contributed by atoms with van der Waals surface area (Å²) < 4.78 is 0.0580. The molecule has 0 saturated carbocycles. The van der Waals surface area contributed by atoms with Gasteiger partial charge < -0.3 is 0 Å². The summed E-state index contributed by atoms with van der Waals surface area (Å²) in [5.41, 5.74) is 1.36. The molecule has 0 aliphatic rings. The van der Waals surface area contributed by atoms with Crippen LogP contribution in [0.15, 0.2) is 42.5 Å². The molecule has 15 heavy (non-hydrogen) atoms. The van der Waals surface area contributed by atoms with Gasteiger partial charge in [0.05, 0.1) is 0 Å². The van der Waals surface area contributed by atoms with Crippen LogP contribution in [0.5, 0.6) is 0 Å². The number of fused-ring (bicyclic) bond motifs is 1. The summed E-state index contributed by atoms with van der Waals surface area (Å²) in [6.07, 6.45) is 1.00. The van der Waals surface area contributed by atoms with Crippen molar-refractivity contribution in [2.45, 2.75) is 25.0 Å². The third kappa shape index (κ3) is 2.75. The van der Waals surface area contributed by atoms with Crippen molar-refractivity contribution >= 4 is 23.4 Å². The summed E-state index contributed by atoms with van der Waals surface area (Å²) in [4.78, 5) is 0. The molecule has 0 unspecified atom stereocenters. The van der Waals surface area contributed by atoms with E-state index in [1.807, 2.05) is 0 Å². The minimum absolute atomic E-state index is 0.0580. The van der Waals surface area contributed by atoms with E-state index in [9.17, 15) is 0 Å². The van der Waals surface area contributed by atoms with Gasteiger partial charge >= 0.3 is 0 Å². The Morgan fingerprint density at radius 2 is 1.67 bits per heavy atom. The molecule has 2 aromatic carbocycles. The first-order chi connectivity index (χ1) is 7.04. The number of rotatable bonds is 2. The maximum absolute atomic E-state index is 4.56. The molecule has 0 saturated heterocycles. The minimum atomic E-state index is 0.0580. The van der Waals surface area contributed by atoms with Crippen molar-refractivity contribution in [1.29, 1.82) is 0 Å². The van der Waals surface area contributed by atoms with Crippen molar-refractivity contribution in [1.82, 2.24) is 0 Å². The summed E-state index contributed by atoms with van der Waals surface area (Å²) >= 11 is 4.56. The minimum Gasteiger partial charge on any atom is -0.173 e. The molecule has 0 spiro atoms. The summed E-state index contributed by atoms with van der Waals surface area (Å²) in [5.74, 6) is 0. The predicted octanol–water partition coefficient (Wildman–Crippen LogP) is 4.09. The van der Waals surface area contributed by atoms with E-state index in [1.54, 1.807) is 0 Å². The summed E-state index contributed by atoms with van der Waals surface area (Å²) in [6.45, 7) is 4.29. The molecule has 0 atom stereocenters. The van der Waals surface area contributed by atoms with Gasteiger partial charge in [0.15, 0.2) is 0 Å². The molecule has 0 bridgehead atoms. The Morgan fingerprint density at radius 3 is 2.33 bits per heavy atom. The third-order valence-electron chi connectivity index (χ3n) is 2.45. The average Bonchev–Trinajstić information content (AvgIpc) is 2.15. The van der Waals surface area contributed by atoms with Gasteiger partial charge in [0.2, 0.25) is 0 Å². The molecule has 2 rings (SSSR count). The maximum atomic E-state index is 4.56. The zero-order valence-electron chi connectivity index (χ0n) is 9.20. The van der Waals surface area contributed by atoms with Crippen molar-refractivity contribution in [3.05, 3.63) is 48.0 Å². The molecule has 0 aromatic heterocycles. The van der Waals surface area contributed by atoms with E-state index in [1.165, 1.54) is 16.3 Å². The van der Waals surface area contributed by atoms with E-state index in [0.717, 1.165) is 6.42 Å². The highest BCUT2D eigenvalue weighted by Gasteiger charge is 2.12. The number of hydrogen-bond acceptors (Lipinski definition) is 1. The molecule has 78 valence electrons. The Balaban J connectivity index is 2.39. The highest BCUT2D eigenvalue weighted by atomic mass is 32.1. The lowest BCUT2D eigenvalue weighted by molar-refractivity contribution is 0.715. The number of thiol groups is 1. The quantitative estimate of drug-likeness (QED) is 0.718. The molecule has 1 heteroatoms. The van der Waals surface area contributed by atoms with Gasteiger partial charge in [-0.15, -0.1) is 0 Å². The van der Waals surface area contributed by atoms with Crippen LogP contribution in [0.3, 0.4) is 0 Å². The van der Waals surface area contributed by atoms with Gasteiger partial charge in [0.1, 0.15) is 0 Å². The average molecular weight is 216 g/mol. The zero-order valence-corrected chi connectivity index (χ0v) is 10.1. The van der Waals surface area contributed by atoms with Crippen LogP contribution in [-0.4, -0.2) is 4.75 Å². The summed E-state index contributed by atoms with van der Waals surface area (Å²) in [7, 11) is 0. The largest absolute Gasteiger partial charge is 0.173 e. The predicted molar refractivity (Wildman–Crippen MR) is 70.7 cm³/mol. The molecular weight excluding hydrogens is 200 g/mol. The molecule has 0 fully saturated rings. The number of benzene rings is 2. The van der Waals surface area contributed by atoms with Crippen LogP contribution in [0.2, 0.25) is 0 Å². The Hall–Kier alpha value is -0.950. The van der Waals surface area contributed by atoms with Crippen molar-refractivity contribution in [3.63, 3.8) is 0 Å². The first-order valence-corrected chi connectivity index (χ1v) is 5.69. The highest BCUT2D eigenvalue weighted by Crippen LogP contribution is 2.22. The normalized spacial score (nSPS) is 11.9. The first-order valence-electron chi connectivity index (χ1n) is 5.25. The molecule has 0 N–H and O–H groups in total. The molecule has 2 aromatic rings. The van der Waals surface area contributed by atoms with Gasteiger partial charge in [-0.2, -0.15) is 12.6 Å². The highest BCUT2D eigenvalue weighted by molar-refractivity contribution is 7.81. The van der Waals surface area contributed by atoms with Crippen molar-refractivity contribution < 1.29 is 0 Å². The van der Waals surface area contributed by atoms with Gasteiger partial charge in [0.25, 0.3) is 0 Å². The standard InChI is InChI=1S/C14H16S/c1-14(2,15)10-11-7-8-12-5-3-4-6-13(12)9-11/h3-9,15H,10H2,1-2H3. The lowest BCUT2D eigenvalue weighted by Crippen LogP contribution is -2.13. The van der Waals surface area contributed by atoms with E-state index in [2.05, 4.69) is 68.9 Å². The van der Waals surface area contributed by atoms with Crippen LogP contribution in [0.25, 0.3) is 10.8 Å². The van der Waals surface area contributed by atoms with Crippen molar-refractivity contribution in [2.75, 3.05) is 0 Å². The van der Waals surface area contributed by atoms with E-state index in [-0.39, 0.29) is 4.75 Å². The second kappa shape index (κ2) is 3.90. The first kappa shape index (κ1) is 10.6. The van der Waals surface area contributed by atoms with Crippen LogP contribution in [0.1, 0.15) is 19.4 Å². The molecule has 0 aliphatic carbocycles. The van der Waals surface area contributed by atoms with E-state index >= 15 is 0 Å². The molecular formula is C14H16S. The Kier molecular flexibility index (Phi) is 2.74. The summed E-state index contributed by atoms with van der Waals surface area (Å²) in [5, 5.41) is 2.62. The van der Waals surface area contributed by atoms with E-state index in [4.69, 9.17) is 0 Å². The van der Waals surface area contributed by atoms with E-state index in [0.29, 0.717) is 0 Å². The van der Waals surface area contributed by atoms with Gasteiger partial charge in [0, 0.05) is 4.75 Å². The van der Waals surface area contributed by atoms with Gasteiger partial charge in [-0.3, -0.25) is 0 Å². The molecule has 0 radical (unpaired) electrons. The van der Waals surface area contributed by atoms with Gasteiger partial charge in [-0.05, 0) is 22.8 Å². The summed E-state index contributed by atoms with van der Waals surface area (Å²) in [6, 6.07) is 15.1. The second-order valence-electron chi connectivity index (χ2n) is 4.67. The van der Waals surface area contributed by atoms with E-state index < -0.39 is 0 Å². The smallest absolute Gasteiger partial charge is 0.0113 e. The Morgan fingerprint density at radius 1 is 1.00 bits per heavy atom. The molecule has 0 heterocycles. The van der Waals surface area contributed by atoms with Crippen LogP contribution >= 0.6 is 12.6 Å². The second-order valence-corrected chi connectivity index (χ2v) is 5.88. The van der Waals surface area contributed by atoms with Crippen LogP contribution in [0.4, 0.5) is 0 Å². The fourth-order valence-electron chi connectivity index (χ4n) is 1.85. The third-order valence-corrected chi connectivity index (χ3v) is 2.61. The Bertz CT molecular complexity index is 466. The number of hydrogen-bond donors (Lipinski definition) is 1. The van der Waals surface area contributed by atoms with Crippen molar-refractivity contribution in [3.8, 4) is 0 Å². The molecule has 0 amide bonds. The maximum Gasteiger partial charge on any atom is 0.0113 e. The lowest BCUT2D eigenvalue weighted by atomic mass is 9.99. The Labute approximate surface area is 96.7 Å². The zero-order chi connectivity index (χ0) is 10.9. The molecule has 0 aliphatic heterocycles. The fourth-order valence-corrected chi connectivity index (χ4v) is 2.03. The molecule has 0 nitrogen and oxygen atoms in total. The van der Waals surface area contributed by atoms with Gasteiger partial charge in [-0.25, -0.2) is 0 Å². The van der Waals surface area contributed by atoms with Crippen LogP contribution in [-0.2, 0) is 6.42 Å². The van der Waals surface area contributed by atoms with Gasteiger partial charge in [-0.1, -0.05) is 56.3 Å². The monoisotopic (exact) mass is 216 g/mol. The van der Waals surface area contributed by atoms with Crippen molar-refractivity contribution in [2.24, 2.45) is 0 Å². The SMILES string of the molecule is CC(C)(S)Cc1ccc2ccccc2c1. The topological polar surface area (TPSA) is 0 Å². The van der Waals surface area contributed by atoms with Crippen LogP contribution in [0, 0.1) is 0 Å².